The van der Waals surface area contributed by atoms with Crippen molar-refractivity contribution >= 4 is 23.2 Å². The van der Waals surface area contributed by atoms with Crippen LogP contribution in [0.1, 0.15) is 28.4 Å². The van der Waals surface area contributed by atoms with Crippen LogP contribution in [-0.2, 0) is 6.42 Å². The van der Waals surface area contributed by atoms with Crippen molar-refractivity contribution in [3.05, 3.63) is 68.7 Å². The molecule has 1 nitrogen and oxygen atoms in total. The van der Waals surface area contributed by atoms with Crippen molar-refractivity contribution in [1.29, 1.82) is 0 Å². The summed E-state index contributed by atoms with van der Waals surface area (Å²) in [4.78, 5) is 0. The van der Waals surface area contributed by atoms with E-state index >= 15 is 0 Å². The smallest absolute Gasteiger partial charge is 0.0845 e. The molecule has 3 heteroatoms. The van der Waals surface area contributed by atoms with Gasteiger partial charge in [-0.25, -0.2) is 0 Å². The van der Waals surface area contributed by atoms with Crippen LogP contribution in [0.15, 0.2) is 36.4 Å². The SMILES string of the molecule is Cc1ccc(CC(O)c2cccc(Cl)c2Cl)cc1C. The Balaban J connectivity index is 2.23. The molecule has 0 aliphatic rings. The number of aliphatic hydroxyl groups is 1. The minimum absolute atomic E-state index is 0.431. The van der Waals surface area contributed by atoms with Gasteiger partial charge in [0.05, 0.1) is 16.1 Å². The van der Waals surface area contributed by atoms with E-state index in [-0.39, 0.29) is 0 Å². The topological polar surface area (TPSA) is 20.2 Å². The van der Waals surface area contributed by atoms with Crippen molar-refractivity contribution in [2.45, 2.75) is 26.4 Å². The van der Waals surface area contributed by atoms with Crippen LogP contribution in [0.4, 0.5) is 0 Å². The Labute approximate surface area is 123 Å². The van der Waals surface area contributed by atoms with E-state index in [4.69, 9.17) is 23.2 Å². The summed E-state index contributed by atoms with van der Waals surface area (Å²) >= 11 is 12.1. The molecule has 0 fully saturated rings. The first kappa shape index (κ1) is 14.4. The molecule has 0 saturated heterocycles. The number of benzene rings is 2. The lowest BCUT2D eigenvalue weighted by Crippen LogP contribution is -2.03. The molecule has 0 heterocycles. The third-order valence-corrected chi connectivity index (χ3v) is 4.17. The van der Waals surface area contributed by atoms with Crippen molar-refractivity contribution in [1.82, 2.24) is 0 Å². The van der Waals surface area contributed by atoms with E-state index in [0.717, 1.165) is 5.56 Å². The molecule has 0 amide bonds. The Morgan fingerprint density at radius 3 is 2.47 bits per heavy atom. The first-order valence-electron chi connectivity index (χ1n) is 6.17. The summed E-state index contributed by atoms with van der Waals surface area (Å²) in [6, 6.07) is 11.5. The highest BCUT2D eigenvalue weighted by molar-refractivity contribution is 6.42. The average Bonchev–Trinajstić information content (AvgIpc) is 2.37. The van der Waals surface area contributed by atoms with Crippen LogP contribution in [0.25, 0.3) is 0 Å². The number of hydrogen-bond donors (Lipinski definition) is 1. The lowest BCUT2D eigenvalue weighted by atomic mass is 9.98. The van der Waals surface area contributed by atoms with E-state index < -0.39 is 6.10 Å². The van der Waals surface area contributed by atoms with Crippen LogP contribution < -0.4 is 0 Å². The highest BCUT2D eigenvalue weighted by Gasteiger charge is 2.14. The number of aliphatic hydroxyl groups excluding tert-OH is 1. The average molecular weight is 295 g/mol. The number of halogens is 2. The highest BCUT2D eigenvalue weighted by Crippen LogP contribution is 2.31. The van der Waals surface area contributed by atoms with Gasteiger partial charge in [0.15, 0.2) is 0 Å². The number of aryl methyl sites for hydroxylation is 2. The summed E-state index contributed by atoms with van der Waals surface area (Å²) in [6.45, 7) is 4.14. The predicted octanol–water partition coefficient (Wildman–Crippen LogP) is 4.89. The molecule has 2 aromatic rings. The summed E-state index contributed by atoms with van der Waals surface area (Å²) in [6.07, 6.45) is -0.116. The van der Waals surface area contributed by atoms with Gasteiger partial charge in [-0.3, -0.25) is 0 Å². The fourth-order valence-corrected chi connectivity index (χ4v) is 2.48. The maximum absolute atomic E-state index is 10.3. The molecule has 0 radical (unpaired) electrons. The van der Waals surface area contributed by atoms with Gasteiger partial charge in [-0.1, -0.05) is 53.5 Å². The molecule has 2 aromatic carbocycles. The normalized spacial score (nSPS) is 12.5. The van der Waals surface area contributed by atoms with E-state index in [1.807, 2.05) is 6.07 Å². The number of rotatable bonds is 3. The monoisotopic (exact) mass is 294 g/mol. The third-order valence-electron chi connectivity index (χ3n) is 3.34. The third kappa shape index (κ3) is 3.30. The van der Waals surface area contributed by atoms with Gasteiger partial charge in [-0.05, 0) is 36.6 Å². The predicted molar refractivity (Wildman–Crippen MR) is 81.0 cm³/mol. The lowest BCUT2D eigenvalue weighted by molar-refractivity contribution is 0.178. The largest absolute Gasteiger partial charge is 0.388 e. The molecule has 100 valence electrons. The van der Waals surface area contributed by atoms with Crippen molar-refractivity contribution in [3.8, 4) is 0 Å². The zero-order valence-electron chi connectivity index (χ0n) is 11.0. The van der Waals surface area contributed by atoms with Crippen LogP contribution in [0.3, 0.4) is 0 Å². The molecule has 1 unspecified atom stereocenters. The first-order valence-corrected chi connectivity index (χ1v) is 6.92. The lowest BCUT2D eigenvalue weighted by Gasteiger charge is -2.14. The molecular weight excluding hydrogens is 279 g/mol. The van der Waals surface area contributed by atoms with E-state index in [2.05, 4.69) is 26.0 Å². The van der Waals surface area contributed by atoms with Crippen LogP contribution in [0.5, 0.6) is 0 Å². The highest BCUT2D eigenvalue weighted by atomic mass is 35.5. The minimum atomic E-state index is -0.645. The van der Waals surface area contributed by atoms with Gasteiger partial charge in [0.25, 0.3) is 0 Å². The molecule has 0 aromatic heterocycles. The second-order valence-electron chi connectivity index (χ2n) is 4.78. The Morgan fingerprint density at radius 2 is 1.79 bits per heavy atom. The van der Waals surface area contributed by atoms with Gasteiger partial charge in [-0.2, -0.15) is 0 Å². The second-order valence-corrected chi connectivity index (χ2v) is 5.57. The van der Waals surface area contributed by atoms with Gasteiger partial charge in [0.2, 0.25) is 0 Å². The summed E-state index contributed by atoms with van der Waals surface area (Å²) < 4.78 is 0. The van der Waals surface area contributed by atoms with Gasteiger partial charge >= 0.3 is 0 Å². The molecule has 1 atom stereocenters. The maximum Gasteiger partial charge on any atom is 0.0845 e. The van der Waals surface area contributed by atoms with Crippen LogP contribution in [0.2, 0.25) is 10.0 Å². The van der Waals surface area contributed by atoms with E-state index in [0.29, 0.717) is 22.0 Å². The molecule has 0 spiro atoms. The molecular formula is C16H16Cl2O. The van der Waals surface area contributed by atoms with Gasteiger partial charge < -0.3 is 5.11 Å². The quantitative estimate of drug-likeness (QED) is 0.855. The summed E-state index contributed by atoms with van der Waals surface area (Å²) in [5, 5.41) is 11.2. The molecule has 1 N–H and O–H groups in total. The Bertz CT molecular complexity index is 593. The summed E-state index contributed by atoms with van der Waals surface area (Å²) in [5.74, 6) is 0. The number of hydrogen-bond acceptors (Lipinski definition) is 1. The fraction of sp³-hybridized carbons (Fsp3) is 0.250. The molecule has 0 aliphatic heterocycles. The van der Waals surface area contributed by atoms with Crippen molar-refractivity contribution in [3.63, 3.8) is 0 Å². The van der Waals surface area contributed by atoms with Crippen molar-refractivity contribution in [2.75, 3.05) is 0 Å². The van der Waals surface area contributed by atoms with Gasteiger partial charge in [0, 0.05) is 12.0 Å². The summed E-state index contributed by atoms with van der Waals surface area (Å²) in [7, 11) is 0. The standard InChI is InChI=1S/C16H16Cl2O/c1-10-6-7-12(8-11(10)2)9-15(19)13-4-3-5-14(17)16(13)18/h3-8,15,19H,9H2,1-2H3. The molecule has 0 saturated carbocycles. The Hall–Kier alpha value is -1.02. The van der Waals surface area contributed by atoms with E-state index in [9.17, 15) is 5.11 Å². The van der Waals surface area contributed by atoms with Crippen LogP contribution in [-0.4, -0.2) is 5.11 Å². The first-order chi connectivity index (χ1) is 8.99. The Kier molecular flexibility index (Phi) is 4.51. The molecule has 19 heavy (non-hydrogen) atoms. The van der Waals surface area contributed by atoms with E-state index in [1.54, 1.807) is 18.2 Å². The molecule has 0 aliphatic carbocycles. The zero-order valence-corrected chi connectivity index (χ0v) is 12.5. The Morgan fingerprint density at radius 1 is 1.05 bits per heavy atom. The van der Waals surface area contributed by atoms with Crippen molar-refractivity contribution in [2.24, 2.45) is 0 Å². The maximum atomic E-state index is 10.3. The van der Waals surface area contributed by atoms with Crippen molar-refractivity contribution < 1.29 is 5.11 Å². The summed E-state index contributed by atoms with van der Waals surface area (Å²) in [5.41, 5.74) is 4.24. The molecule has 0 bridgehead atoms. The van der Waals surface area contributed by atoms with E-state index in [1.165, 1.54) is 11.1 Å². The second kappa shape index (κ2) is 5.96. The zero-order chi connectivity index (χ0) is 14.0. The fourth-order valence-electron chi connectivity index (χ4n) is 2.04. The minimum Gasteiger partial charge on any atom is -0.388 e. The molecule has 2 rings (SSSR count). The van der Waals surface area contributed by atoms with Gasteiger partial charge in [-0.15, -0.1) is 0 Å². The van der Waals surface area contributed by atoms with Crippen LogP contribution >= 0.6 is 23.2 Å². The van der Waals surface area contributed by atoms with Crippen LogP contribution in [0, 0.1) is 13.8 Å². The van der Waals surface area contributed by atoms with Gasteiger partial charge in [0.1, 0.15) is 0 Å².